The zero-order chi connectivity index (χ0) is 26.3. The predicted octanol–water partition coefficient (Wildman–Crippen LogP) is 5.15. The number of allylic oxidation sites excluding steroid dienone is 1. The van der Waals surface area contributed by atoms with Crippen molar-refractivity contribution in [3.8, 4) is 0 Å². The van der Waals surface area contributed by atoms with E-state index in [2.05, 4.69) is 4.99 Å². The molecule has 3 aromatic carbocycles. The maximum Gasteiger partial charge on any atom is 0.434 e. The molecular weight excluding hydrogens is 525 g/mol. The van der Waals surface area contributed by atoms with Gasteiger partial charge in [-0.15, -0.1) is 0 Å². The van der Waals surface area contributed by atoms with Crippen LogP contribution in [-0.2, 0) is 9.53 Å². The Morgan fingerprint density at radius 1 is 1.11 bits per heavy atom. The molecule has 0 saturated heterocycles. The van der Waals surface area contributed by atoms with E-state index >= 15 is 0 Å². The van der Waals surface area contributed by atoms with E-state index in [1.54, 1.807) is 6.08 Å². The van der Waals surface area contributed by atoms with Crippen LogP contribution in [0, 0.1) is 0 Å². The highest BCUT2D eigenvalue weighted by molar-refractivity contribution is 7.07. The second-order valence-electron chi connectivity index (χ2n) is 8.18. The molecule has 1 aromatic heterocycles. The molecule has 0 bridgehead atoms. The number of thiazole rings is 1. The molecule has 188 valence electrons. The predicted molar refractivity (Wildman–Crippen MR) is 136 cm³/mol. The zero-order valence-electron chi connectivity index (χ0n) is 19.3. The van der Waals surface area contributed by atoms with Gasteiger partial charge in [-0.05, 0) is 47.0 Å². The Labute approximate surface area is 217 Å². The van der Waals surface area contributed by atoms with Gasteiger partial charge in [0.25, 0.3) is 5.56 Å². The van der Waals surface area contributed by atoms with Crippen LogP contribution in [0.5, 0.6) is 0 Å². The third-order valence-corrected chi connectivity index (χ3v) is 7.13. The van der Waals surface area contributed by atoms with Crippen molar-refractivity contribution < 1.29 is 22.7 Å². The molecule has 1 atom stereocenters. The monoisotopic (exact) mass is 542 g/mol. The van der Waals surface area contributed by atoms with Crippen LogP contribution < -0.4 is 14.9 Å². The van der Waals surface area contributed by atoms with Crippen molar-refractivity contribution >= 4 is 45.8 Å². The van der Waals surface area contributed by atoms with Crippen LogP contribution in [-0.4, -0.2) is 23.3 Å². The Kier molecular flexibility index (Phi) is 6.51. The number of rotatable bonds is 4. The quantitative estimate of drug-likeness (QED) is 0.335. The van der Waals surface area contributed by atoms with Gasteiger partial charge in [0.1, 0.15) is 0 Å². The lowest BCUT2D eigenvalue weighted by atomic mass is 9.95. The summed E-state index contributed by atoms with van der Waals surface area (Å²) in [6, 6.07) is 17.7. The molecule has 0 N–H and O–H groups in total. The highest BCUT2D eigenvalue weighted by Gasteiger charge is 2.45. The van der Waals surface area contributed by atoms with E-state index in [0.717, 1.165) is 32.2 Å². The fraction of sp³-hybridized carbons (Fsp3) is 0.148. The summed E-state index contributed by atoms with van der Waals surface area (Å²) in [4.78, 5) is 30.2. The number of benzene rings is 3. The first-order chi connectivity index (χ1) is 17.7. The normalized spacial score (nSPS) is 16.0. The second-order valence-corrected chi connectivity index (χ2v) is 9.63. The first-order valence-electron chi connectivity index (χ1n) is 11.2. The number of carbonyl (C=O) groups is 1. The van der Waals surface area contributed by atoms with Crippen molar-refractivity contribution in [1.82, 2.24) is 4.57 Å². The van der Waals surface area contributed by atoms with Crippen molar-refractivity contribution in [1.29, 1.82) is 0 Å². The smallest absolute Gasteiger partial charge is 0.434 e. The minimum absolute atomic E-state index is 0.147. The molecule has 0 radical (unpaired) electrons. The molecule has 1 aliphatic rings. The number of hydrogen-bond acceptors (Lipinski definition) is 5. The van der Waals surface area contributed by atoms with E-state index in [1.165, 1.54) is 31.2 Å². The number of nitrogens with zero attached hydrogens (tertiary/aromatic N) is 2. The van der Waals surface area contributed by atoms with Gasteiger partial charge in [0.2, 0.25) is 0 Å². The van der Waals surface area contributed by atoms with Gasteiger partial charge >= 0.3 is 12.1 Å². The van der Waals surface area contributed by atoms with Crippen LogP contribution >= 0.6 is 22.9 Å². The van der Waals surface area contributed by atoms with E-state index < -0.39 is 35.0 Å². The number of fused-ring (bicyclic) bond motifs is 2. The van der Waals surface area contributed by atoms with Crippen molar-refractivity contribution in [2.75, 3.05) is 6.61 Å². The number of ether oxygens (including phenoxy) is 1. The standard InChI is InChI=1S/C27H18ClF3N2O3S/c1-2-36-25(35)21-22(16-10-12-18(28)13-11-16)33-24(34)20(37-26(33)32-23(21)27(29,30)31)14-17-8-5-7-15-6-3-4-9-19(15)17/h3-14,22H,2H2,1H3/b20-14-/t22-/m0/s1. The van der Waals surface area contributed by atoms with Crippen LogP contribution in [0.15, 0.2) is 87.8 Å². The second kappa shape index (κ2) is 9.64. The Morgan fingerprint density at radius 3 is 2.51 bits per heavy atom. The first kappa shape index (κ1) is 25.0. The number of esters is 1. The summed E-state index contributed by atoms with van der Waals surface area (Å²) in [6.45, 7) is 1.34. The van der Waals surface area contributed by atoms with Gasteiger partial charge in [0.15, 0.2) is 10.5 Å². The highest BCUT2D eigenvalue weighted by Crippen LogP contribution is 2.38. The molecule has 0 fully saturated rings. The van der Waals surface area contributed by atoms with E-state index in [4.69, 9.17) is 16.3 Å². The van der Waals surface area contributed by atoms with Crippen LogP contribution in [0.3, 0.4) is 0 Å². The summed E-state index contributed by atoms with van der Waals surface area (Å²) < 4.78 is 48.9. The molecule has 0 saturated carbocycles. The number of alkyl halides is 3. The molecule has 10 heteroatoms. The lowest BCUT2D eigenvalue weighted by Crippen LogP contribution is -2.41. The largest absolute Gasteiger partial charge is 0.463 e. The Hall–Kier alpha value is -3.69. The molecule has 0 unspecified atom stereocenters. The van der Waals surface area contributed by atoms with E-state index in [-0.39, 0.29) is 21.5 Å². The Morgan fingerprint density at radius 2 is 1.81 bits per heavy atom. The highest BCUT2D eigenvalue weighted by atomic mass is 35.5. The molecular formula is C27H18ClF3N2O3S. The van der Waals surface area contributed by atoms with Gasteiger partial charge in [-0.1, -0.05) is 77.5 Å². The fourth-order valence-electron chi connectivity index (χ4n) is 4.32. The van der Waals surface area contributed by atoms with E-state index in [1.807, 2.05) is 42.5 Å². The zero-order valence-corrected chi connectivity index (χ0v) is 20.8. The van der Waals surface area contributed by atoms with E-state index in [0.29, 0.717) is 5.02 Å². The number of hydrogen-bond donors (Lipinski definition) is 0. The van der Waals surface area contributed by atoms with E-state index in [9.17, 15) is 22.8 Å². The van der Waals surface area contributed by atoms with Crippen LogP contribution in [0.1, 0.15) is 24.1 Å². The van der Waals surface area contributed by atoms with Crippen molar-refractivity contribution in [3.05, 3.63) is 114 Å². The summed E-state index contributed by atoms with van der Waals surface area (Å²) in [5, 5.41) is 2.19. The van der Waals surface area contributed by atoms with Crippen LogP contribution in [0.25, 0.3) is 16.8 Å². The minimum Gasteiger partial charge on any atom is -0.463 e. The molecule has 0 spiro atoms. The lowest BCUT2D eigenvalue weighted by molar-refractivity contribution is -0.140. The first-order valence-corrected chi connectivity index (χ1v) is 12.4. The molecule has 1 aliphatic heterocycles. The Bertz CT molecular complexity index is 1730. The van der Waals surface area contributed by atoms with Crippen LogP contribution in [0.2, 0.25) is 5.02 Å². The third-order valence-electron chi connectivity index (χ3n) is 5.89. The van der Waals surface area contributed by atoms with Crippen molar-refractivity contribution in [2.45, 2.75) is 19.1 Å². The lowest BCUT2D eigenvalue weighted by Gasteiger charge is -2.26. The average molecular weight is 543 g/mol. The molecule has 0 amide bonds. The van der Waals surface area contributed by atoms with Gasteiger partial charge in [-0.3, -0.25) is 9.36 Å². The fourth-order valence-corrected chi connectivity index (χ4v) is 5.44. The molecule has 5 rings (SSSR count). The van der Waals surface area contributed by atoms with Crippen LogP contribution in [0.4, 0.5) is 13.2 Å². The van der Waals surface area contributed by atoms with Gasteiger partial charge in [-0.25, -0.2) is 9.79 Å². The summed E-state index contributed by atoms with van der Waals surface area (Å²) in [7, 11) is 0. The third kappa shape index (κ3) is 4.60. The topological polar surface area (TPSA) is 60.7 Å². The molecule has 0 aliphatic carbocycles. The van der Waals surface area contributed by atoms with Gasteiger partial charge in [0.05, 0.1) is 22.8 Å². The molecule has 2 heterocycles. The number of halogens is 4. The van der Waals surface area contributed by atoms with Gasteiger partial charge < -0.3 is 4.74 Å². The van der Waals surface area contributed by atoms with Gasteiger partial charge in [-0.2, -0.15) is 13.2 Å². The summed E-state index contributed by atoms with van der Waals surface area (Å²) >= 11 is 6.83. The maximum atomic E-state index is 14.2. The van der Waals surface area contributed by atoms with Crippen molar-refractivity contribution in [3.63, 3.8) is 0 Å². The molecule has 5 nitrogen and oxygen atoms in total. The SMILES string of the molecule is CCOC(=O)C1=C(C(F)(F)F)N=c2s/c(=C\c3cccc4ccccc34)c(=O)n2[C@H]1c1ccc(Cl)cc1. The summed E-state index contributed by atoms with van der Waals surface area (Å²) in [6.07, 6.45) is -3.33. The average Bonchev–Trinajstić information content (AvgIpc) is 3.18. The minimum atomic E-state index is -4.96. The van der Waals surface area contributed by atoms with Crippen molar-refractivity contribution in [2.24, 2.45) is 4.99 Å². The number of aromatic nitrogens is 1. The Balaban J connectivity index is 1.82. The molecule has 4 aromatic rings. The number of carbonyl (C=O) groups excluding carboxylic acids is 1. The summed E-state index contributed by atoms with van der Waals surface area (Å²) in [5.41, 5.74) is -1.71. The summed E-state index contributed by atoms with van der Waals surface area (Å²) in [5.74, 6) is -1.19. The molecule has 37 heavy (non-hydrogen) atoms. The van der Waals surface area contributed by atoms with Gasteiger partial charge in [0, 0.05) is 5.02 Å². The maximum absolute atomic E-state index is 14.2.